The van der Waals surface area contributed by atoms with E-state index in [-0.39, 0.29) is 18.3 Å². The summed E-state index contributed by atoms with van der Waals surface area (Å²) < 4.78 is 5.28. The van der Waals surface area contributed by atoms with Crippen LogP contribution in [0, 0.1) is 0 Å². The minimum absolute atomic E-state index is 0. The van der Waals surface area contributed by atoms with Gasteiger partial charge in [-0.05, 0) is 55.7 Å². The number of benzene rings is 2. The summed E-state index contributed by atoms with van der Waals surface area (Å²) in [6, 6.07) is 15.7. The number of ether oxygens (including phenoxy) is 1. The number of anilines is 2. The van der Waals surface area contributed by atoms with Gasteiger partial charge in [-0.2, -0.15) is 0 Å². The predicted octanol–water partition coefficient (Wildman–Crippen LogP) is 4.76. The molecule has 0 aromatic heterocycles. The molecule has 0 saturated carbocycles. The summed E-state index contributed by atoms with van der Waals surface area (Å²) >= 11 is 0. The quantitative estimate of drug-likeness (QED) is 0.769. The van der Waals surface area contributed by atoms with Gasteiger partial charge in [-0.25, -0.2) is 0 Å². The Bertz CT molecular complexity index is 738. The van der Waals surface area contributed by atoms with Gasteiger partial charge in [0.15, 0.2) is 0 Å². The van der Waals surface area contributed by atoms with Crippen LogP contribution in [0.5, 0.6) is 5.75 Å². The van der Waals surface area contributed by atoms with E-state index < -0.39 is 0 Å². The van der Waals surface area contributed by atoms with Crippen molar-refractivity contribution in [3.05, 3.63) is 60.2 Å². The van der Waals surface area contributed by atoms with Crippen LogP contribution in [0.25, 0.3) is 6.08 Å². The van der Waals surface area contributed by atoms with E-state index in [0.29, 0.717) is 0 Å². The van der Waals surface area contributed by atoms with Gasteiger partial charge in [-0.3, -0.25) is 4.79 Å². The van der Waals surface area contributed by atoms with Crippen LogP contribution in [-0.2, 0) is 4.79 Å². The van der Waals surface area contributed by atoms with Crippen molar-refractivity contribution in [1.29, 1.82) is 0 Å². The average Bonchev–Trinajstić information content (AvgIpc) is 2.68. The molecule has 1 N–H and O–H groups in total. The second-order valence-corrected chi connectivity index (χ2v) is 6.16. The summed E-state index contributed by atoms with van der Waals surface area (Å²) in [5, 5.41) is 2.89. The Labute approximate surface area is 161 Å². The van der Waals surface area contributed by atoms with Crippen molar-refractivity contribution in [1.82, 2.24) is 0 Å². The summed E-state index contributed by atoms with van der Waals surface area (Å²) in [5.74, 6) is 0.592. The highest BCUT2D eigenvalue weighted by Gasteiger charge is 2.10. The van der Waals surface area contributed by atoms with Gasteiger partial charge in [0, 0.05) is 36.1 Å². The molecule has 1 fully saturated rings. The van der Waals surface area contributed by atoms with Crippen molar-refractivity contribution < 1.29 is 9.53 Å². The maximum Gasteiger partial charge on any atom is 0.248 e. The van der Waals surface area contributed by atoms with E-state index in [1.54, 1.807) is 13.2 Å². The van der Waals surface area contributed by atoms with E-state index in [1.807, 2.05) is 36.4 Å². The lowest BCUT2D eigenvalue weighted by atomic mass is 10.1. The molecule has 5 heteroatoms. The molecule has 0 unspecified atom stereocenters. The first kappa shape index (κ1) is 19.9. The molecule has 0 bridgehead atoms. The predicted molar refractivity (Wildman–Crippen MR) is 110 cm³/mol. The number of halogens is 1. The summed E-state index contributed by atoms with van der Waals surface area (Å²) in [6.07, 6.45) is 7.12. The van der Waals surface area contributed by atoms with Crippen LogP contribution in [0.2, 0.25) is 0 Å². The molecule has 1 heterocycles. The fraction of sp³-hybridized carbons (Fsp3) is 0.286. The normalized spacial score (nSPS) is 14.0. The van der Waals surface area contributed by atoms with Crippen molar-refractivity contribution in [3.8, 4) is 5.75 Å². The van der Waals surface area contributed by atoms with Crippen molar-refractivity contribution in [3.63, 3.8) is 0 Å². The molecule has 26 heavy (non-hydrogen) atoms. The highest BCUT2D eigenvalue weighted by Crippen LogP contribution is 2.22. The molecule has 2 aromatic rings. The molecule has 1 aliphatic rings. The number of piperidine rings is 1. The van der Waals surface area contributed by atoms with E-state index in [4.69, 9.17) is 4.74 Å². The van der Waals surface area contributed by atoms with Crippen LogP contribution in [0.1, 0.15) is 24.8 Å². The lowest BCUT2D eigenvalue weighted by molar-refractivity contribution is -0.111. The summed E-state index contributed by atoms with van der Waals surface area (Å²) in [6.45, 7) is 2.24. The fourth-order valence-corrected chi connectivity index (χ4v) is 3.06. The topological polar surface area (TPSA) is 41.6 Å². The van der Waals surface area contributed by atoms with Crippen LogP contribution < -0.4 is 15.0 Å². The third-order valence-corrected chi connectivity index (χ3v) is 4.41. The molecule has 138 valence electrons. The minimum atomic E-state index is -0.156. The maximum atomic E-state index is 12.1. The van der Waals surface area contributed by atoms with Crippen LogP contribution in [0.3, 0.4) is 0 Å². The Morgan fingerprint density at radius 2 is 1.73 bits per heavy atom. The highest BCUT2D eigenvalue weighted by atomic mass is 35.5. The second-order valence-electron chi connectivity index (χ2n) is 6.16. The number of nitrogens with one attached hydrogen (secondary N) is 1. The molecule has 0 spiro atoms. The van der Waals surface area contributed by atoms with Gasteiger partial charge >= 0.3 is 0 Å². The molecule has 0 aliphatic carbocycles. The van der Waals surface area contributed by atoms with Crippen LogP contribution in [0.4, 0.5) is 11.4 Å². The van der Waals surface area contributed by atoms with Crippen molar-refractivity contribution >= 4 is 35.8 Å². The number of carbonyl (C=O) groups excluding carboxylic acids is 1. The monoisotopic (exact) mass is 372 g/mol. The Balaban J connectivity index is 0.00000243. The van der Waals surface area contributed by atoms with Crippen molar-refractivity contribution in [2.75, 3.05) is 30.4 Å². The van der Waals surface area contributed by atoms with Gasteiger partial charge in [-0.1, -0.05) is 18.2 Å². The van der Waals surface area contributed by atoms with E-state index >= 15 is 0 Å². The number of hydrogen-bond donors (Lipinski definition) is 1. The molecule has 4 nitrogen and oxygen atoms in total. The Kier molecular flexibility index (Phi) is 7.54. The van der Waals surface area contributed by atoms with E-state index in [9.17, 15) is 4.79 Å². The maximum absolute atomic E-state index is 12.1. The molecular weight excluding hydrogens is 348 g/mol. The zero-order valence-corrected chi connectivity index (χ0v) is 15.8. The van der Waals surface area contributed by atoms with E-state index in [0.717, 1.165) is 30.1 Å². The Hall–Kier alpha value is -2.46. The number of rotatable bonds is 5. The molecule has 3 rings (SSSR count). The molecule has 2 aromatic carbocycles. The smallest absolute Gasteiger partial charge is 0.248 e. The highest BCUT2D eigenvalue weighted by molar-refractivity contribution is 6.02. The number of para-hydroxylation sites is 1. The van der Waals surface area contributed by atoms with Gasteiger partial charge in [0.05, 0.1) is 7.11 Å². The van der Waals surface area contributed by atoms with Crippen LogP contribution in [0.15, 0.2) is 54.6 Å². The summed E-state index contributed by atoms with van der Waals surface area (Å²) in [7, 11) is 1.62. The van der Waals surface area contributed by atoms with Crippen molar-refractivity contribution in [2.45, 2.75) is 19.3 Å². The number of nitrogens with zero attached hydrogens (tertiary/aromatic N) is 1. The first-order valence-electron chi connectivity index (χ1n) is 8.73. The van der Waals surface area contributed by atoms with Crippen molar-refractivity contribution in [2.24, 2.45) is 0 Å². The standard InChI is InChI=1S/C21H24N2O2.ClH/c1-25-20-8-4-3-7-17(20)9-14-21(24)22-18-10-12-19(13-11-18)23-15-5-2-6-16-23;/h3-4,7-14H,2,5-6,15-16H2,1H3,(H,22,24);1H/b14-9+;. The zero-order valence-electron chi connectivity index (χ0n) is 15.0. The van der Waals surface area contributed by atoms with E-state index in [1.165, 1.54) is 31.0 Å². The molecule has 1 saturated heterocycles. The van der Waals surface area contributed by atoms with Crippen LogP contribution in [-0.4, -0.2) is 26.1 Å². The third-order valence-electron chi connectivity index (χ3n) is 4.41. The largest absolute Gasteiger partial charge is 0.496 e. The molecular formula is C21H25ClN2O2. The van der Waals surface area contributed by atoms with E-state index in [2.05, 4.69) is 22.3 Å². The molecule has 1 amide bonds. The van der Waals surface area contributed by atoms with Crippen LogP contribution >= 0.6 is 12.4 Å². The average molecular weight is 373 g/mol. The molecule has 0 atom stereocenters. The molecule has 1 aliphatic heterocycles. The Morgan fingerprint density at radius 1 is 1.04 bits per heavy atom. The number of amides is 1. The second kappa shape index (κ2) is 9.88. The molecule has 0 radical (unpaired) electrons. The van der Waals surface area contributed by atoms with Gasteiger partial charge in [0.2, 0.25) is 5.91 Å². The first-order valence-corrected chi connectivity index (χ1v) is 8.73. The zero-order chi connectivity index (χ0) is 17.5. The van der Waals surface area contributed by atoms with Gasteiger partial charge in [0.1, 0.15) is 5.75 Å². The summed E-state index contributed by atoms with van der Waals surface area (Å²) in [4.78, 5) is 14.5. The SMILES string of the molecule is COc1ccccc1/C=C/C(=O)Nc1ccc(N2CCCCC2)cc1.Cl. The van der Waals surface area contributed by atoms with Gasteiger partial charge in [-0.15, -0.1) is 12.4 Å². The number of methoxy groups -OCH3 is 1. The third kappa shape index (κ3) is 5.27. The minimum Gasteiger partial charge on any atom is -0.496 e. The number of carbonyl (C=O) groups is 1. The summed E-state index contributed by atoms with van der Waals surface area (Å²) in [5.41, 5.74) is 2.90. The Morgan fingerprint density at radius 3 is 2.42 bits per heavy atom. The lowest BCUT2D eigenvalue weighted by Crippen LogP contribution is -2.29. The number of hydrogen-bond acceptors (Lipinski definition) is 3. The first-order chi connectivity index (χ1) is 12.3. The lowest BCUT2D eigenvalue weighted by Gasteiger charge is -2.28. The fourth-order valence-electron chi connectivity index (χ4n) is 3.06. The van der Waals surface area contributed by atoms with Gasteiger partial charge < -0.3 is 15.0 Å². The van der Waals surface area contributed by atoms with Gasteiger partial charge in [0.25, 0.3) is 0 Å².